The van der Waals surface area contributed by atoms with E-state index in [0.717, 1.165) is 45.4 Å². The molecule has 1 saturated carbocycles. The number of piperidine rings is 1. The molecule has 8 heteroatoms. The van der Waals surface area contributed by atoms with Gasteiger partial charge in [0.1, 0.15) is 5.82 Å². The third-order valence-electron chi connectivity index (χ3n) is 7.86. The zero-order valence-corrected chi connectivity index (χ0v) is 23.2. The van der Waals surface area contributed by atoms with Crippen molar-refractivity contribution in [2.75, 3.05) is 24.5 Å². The Morgan fingerprint density at radius 2 is 1.92 bits per heavy atom. The first kappa shape index (κ1) is 26.0. The van der Waals surface area contributed by atoms with E-state index in [4.69, 9.17) is 16.6 Å². The molecule has 1 aliphatic heterocycles. The average molecular weight is 585 g/mol. The molecule has 194 valence electrons. The SMILES string of the molecule is Cc1c(N2CC3CCC(C3)C2)nc2ccc(Br)cc2c1C(=O)NCC(CCC(=O)O)c1ccccc1Cl. The Hall–Kier alpha value is -2.64. The molecule has 2 N–H and O–H groups in total. The Balaban J connectivity index is 1.47. The highest BCUT2D eigenvalue weighted by atomic mass is 79.9. The fraction of sp³-hybridized carbons (Fsp3) is 0.414. The number of nitrogens with zero attached hydrogens (tertiary/aromatic N) is 2. The van der Waals surface area contributed by atoms with E-state index in [1.807, 2.05) is 43.3 Å². The molecule has 37 heavy (non-hydrogen) atoms. The van der Waals surface area contributed by atoms with Crippen LogP contribution in [0.1, 0.15) is 59.5 Å². The van der Waals surface area contributed by atoms with Crippen LogP contribution in [0.3, 0.4) is 0 Å². The predicted octanol–water partition coefficient (Wildman–Crippen LogP) is 6.57. The topological polar surface area (TPSA) is 82.5 Å². The largest absolute Gasteiger partial charge is 0.481 e. The molecule has 0 radical (unpaired) electrons. The van der Waals surface area contributed by atoms with Crippen LogP contribution in [0.5, 0.6) is 0 Å². The quantitative estimate of drug-likeness (QED) is 0.313. The van der Waals surface area contributed by atoms with Crippen LogP contribution in [-0.4, -0.2) is 41.6 Å². The number of benzene rings is 2. The van der Waals surface area contributed by atoms with Gasteiger partial charge in [0.15, 0.2) is 0 Å². The van der Waals surface area contributed by atoms with Crippen LogP contribution < -0.4 is 10.2 Å². The molecule has 1 amide bonds. The van der Waals surface area contributed by atoms with Crippen molar-refractivity contribution in [2.45, 2.75) is 44.9 Å². The number of aliphatic carboxylic acids is 1. The van der Waals surface area contributed by atoms with Gasteiger partial charge in [-0.05, 0) is 74.3 Å². The van der Waals surface area contributed by atoms with Crippen LogP contribution in [0.25, 0.3) is 10.9 Å². The second-order valence-corrected chi connectivity index (χ2v) is 11.7. The fourth-order valence-corrected chi connectivity index (χ4v) is 6.73. The first-order chi connectivity index (χ1) is 17.8. The van der Waals surface area contributed by atoms with Crippen molar-refractivity contribution >= 4 is 56.1 Å². The molecule has 2 bridgehead atoms. The second kappa shape index (κ2) is 11.0. The van der Waals surface area contributed by atoms with E-state index in [2.05, 4.69) is 26.1 Å². The number of rotatable bonds is 8. The lowest BCUT2D eigenvalue weighted by Crippen LogP contribution is -2.38. The van der Waals surface area contributed by atoms with Crippen molar-refractivity contribution in [3.05, 3.63) is 68.7 Å². The number of carboxylic acids is 1. The van der Waals surface area contributed by atoms with Gasteiger partial charge in [-0.1, -0.05) is 45.7 Å². The molecule has 2 aromatic carbocycles. The maximum atomic E-state index is 13.8. The number of carboxylic acid groups (broad SMARTS) is 1. The number of hydrogen-bond donors (Lipinski definition) is 2. The number of nitrogens with one attached hydrogen (secondary N) is 1. The minimum absolute atomic E-state index is 0.00262. The number of amides is 1. The monoisotopic (exact) mass is 583 g/mol. The van der Waals surface area contributed by atoms with Crippen LogP contribution in [0.2, 0.25) is 5.02 Å². The summed E-state index contributed by atoms with van der Waals surface area (Å²) in [5.41, 5.74) is 3.13. The van der Waals surface area contributed by atoms with Gasteiger partial charge in [-0.2, -0.15) is 0 Å². The lowest BCUT2D eigenvalue weighted by atomic mass is 9.93. The summed E-state index contributed by atoms with van der Waals surface area (Å²) in [5, 5.41) is 13.8. The molecule has 6 nitrogen and oxygen atoms in total. The average Bonchev–Trinajstić information content (AvgIpc) is 3.21. The molecule has 0 spiro atoms. The number of halogens is 2. The summed E-state index contributed by atoms with van der Waals surface area (Å²) in [6.07, 6.45) is 4.21. The van der Waals surface area contributed by atoms with Gasteiger partial charge in [0.25, 0.3) is 5.91 Å². The van der Waals surface area contributed by atoms with Gasteiger partial charge in [-0.3, -0.25) is 9.59 Å². The van der Waals surface area contributed by atoms with Gasteiger partial charge >= 0.3 is 5.97 Å². The standard InChI is InChI=1S/C29H31BrClN3O3/c1-17-27(29(37)32-14-20(8-11-26(35)36)22-4-2-3-5-24(22)31)23-13-21(30)9-10-25(23)33-28(17)34-15-18-6-7-19(12-18)16-34/h2-5,9-10,13,18-20H,6-8,11-12,14-16H2,1H3,(H,32,37)(H,35,36). The number of fused-ring (bicyclic) bond motifs is 3. The summed E-state index contributed by atoms with van der Waals surface area (Å²) in [6, 6.07) is 13.3. The van der Waals surface area contributed by atoms with Crippen LogP contribution in [0.4, 0.5) is 5.82 Å². The van der Waals surface area contributed by atoms with E-state index in [1.165, 1.54) is 19.3 Å². The molecule has 2 fully saturated rings. The maximum Gasteiger partial charge on any atom is 0.303 e. The number of carbonyl (C=O) groups is 2. The highest BCUT2D eigenvalue weighted by molar-refractivity contribution is 9.10. The number of anilines is 1. The van der Waals surface area contributed by atoms with E-state index < -0.39 is 5.97 Å². The molecule has 3 aromatic rings. The lowest BCUT2D eigenvalue weighted by Gasteiger charge is -2.34. The van der Waals surface area contributed by atoms with Gasteiger partial charge in [0, 0.05) is 52.4 Å². The Bertz CT molecular complexity index is 1340. The van der Waals surface area contributed by atoms with Crippen LogP contribution >= 0.6 is 27.5 Å². The van der Waals surface area contributed by atoms with Crippen LogP contribution in [0, 0.1) is 18.8 Å². The molecule has 3 atom stereocenters. The number of hydrogen-bond acceptors (Lipinski definition) is 4. The van der Waals surface area contributed by atoms with Crippen molar-refractivity contribution in [3.8, 4) is 0 Å². The van der Waals surface area contributed by atoms with E-state index in [0.29, 0.717) is 28.8 Å². The van der Waals surface area contributed by atoms with E-state index >= 15 is 0 Å². The van der Waals surface area contributed by atoms with E-state index in [9.17, 15) is 14.7 Å². The summed E-state index contributed by atoms with van der Waals surface area (Å²) < 4.78 is 0.884. The minimum atomic E-state index is -0.871. The predicted molar refractivity (Wildman–Crippen MR) is 151 cm³/mol. The van der Waals surface area contributed by atoms with Crippen molar-refractivity contribution in [3.63, 3.8) is 0 Å². The Morgan fingerprint density at radius 1 is 1.19 bits per heavy atom. The first-order valence-corrected chi connectivity index (χ1v) is 14.1. The molecule has 1 aliphatic carbocycles. The summed E-state index contributed by atoms with van der Waals surface area (Å²) in [7, 11) is 0. The lowest BCUT2D eigenvalue weighted by molar-refractivity contribution is -0.137. The maximum absolute atomic E-state index is 13.8. The molecular formula is C29H31BrClN3O3. The zero-order valence-electron chi connectivity index (χ0n) is 20.8. The number of pyridine rings is 1. The van der Waals surface area contributed by atoms with Crippen LogP contribution in [0.15, 0.2) is 46.9 Å². The molecule has 2 aliphatic rings. The van der Waals surface area contributed by atoms with Gasteiger partial charge in [0.2, 0.25) is 0 Å². The second-order valence-electron chi connectivity index (χ2n) is 10.4. The fourth-order valence-electron chi connectivity index (χ4n) is 6.07. The summed E-state index contributed by atoms with van der Waals surface area (Å²) in [4.78, 5) is 32.5. The Labute approximate surface area is 230 Å². The number of aromatic nitrogens is 1. The molecule has 2 heterocycles. The Kier molecular flexibility index (Phi) is 7.72. The Morgan fingerprint density at radius 3 is 2.62 bits per heavy atom. The molecule has 5 rings (SSSR count). The first-order valence-electron chi connectivity index (χ1n) is 12.9. The van der Waals surface area contributed by atoms with E-state index in [1.54, 1.807) is 6.07 Å². The molecule has 1 aromatic heterocycles. The smallest absolute Gasteiger partial charge is 0.303 e. The van der Waals surface area contributed by atoms with Crippen molar-refractivity contribution in [2.24, 2.45) is 11.8 Å². The summed E-state index contributed by atoms with van der Waals surface area (Å²) >= 11 is 10.00. The molecule has 3 unspecified atom stereocenters. The van der Waals surface area contributed by atoms with Gasteiger partial charge in [-0.15, -0.1) is 0 Å². The molecule has 1 saturated heterocycles. The number of carbonyl (C=O) groups excluding carboxylic acids is 1. The van der Waals surface area contributed by atoms with Crippen molar-refractivity contribution < 1.29 is 14.7 Å². The van der Waals surface area contributed by atoms with Gasteiger partial charge in [-0.25, -0.2) is 4.98 Å². The summed E-state index contributed by atoms with van der Waals surface area (Å²) in [5.74, 6) is 1.02. The van der Waals surface area contributed by atoms with Crippen LogP contribution in [-0.2, 0) is 4.79 Å². The van der Waals surface area contributed by atoms with E-state index in [-0.39, 0.29) is 24.8 Å². The van der Waals surface area contributed by atoms with Gasteiger partial charge < -0.3 is 15.3 Å². The highest BCUT2D eigenvalue weighted by Crippen LogP contribution is 2.40. The third kappa shape index (κ3) is 5.63. The normalized spacial score (nSPS) is 19.7. The van der Waals surface area contributed by atoms with Crippen molar-refractivity contribution in [1.29, 1.82) is 0 Å². The highest BCUT2D eigenvalue weighted by Gasteiger charge is 2.34. The molecular weight excluding hydrogens is 554 g/mol. The minimum Gasteiger partial charge on any atom is -0.481 e. The van der Waals surface area contributed by atoms with Gasteiger partial charge in [0.05, 0.1) is 11.1 Å². The third-order valence-corrected chi connectivity index (χ3v) is 8.70. The van der Waals surface area contributed by atoms with Crippen molar-refractivity contribution in [1.82, 2.24) is 10.3 Å². The zero-order chi connectivity index (χ0) is 26.1. The summed E-state index contributed by atoms with van der Waals surface area (Å²) in [6.45, 7) is 4.24.